The van der Waals surface area contributed by atoms with Crippen molar-refractivity contribution in [2.45, 2.75) is 57.7 Å². The van der Waals surface area contributed by atoms with E-state index in [1.54, 1.807) is 0 Å². The zero-order chi connectivity index (χ0) is 9.80. The Hall–Kier alpha value is -0.0800. The summed E-state index contributed by atoms with van der Waals surface area (Å²) in [5.74, 6) is 1.03. The van der Waals surface area contributed by atoms with Crippen molar-refractivity contribution in [2.75, 3.05) is 13.1 Å². The summed E-state index contributed by atoms with van der Waals surface area (Å²) in [6.45, 7) is 4.43. The molecule has 2 fully saturated rings. The van der Waals surface area contributed by atoms with E-state index in [1.807, 2.05) is 0 Å². The highest BCUT2D eigenvalue weighted by molar-refractivity contribution is 4.74. The van der Waals surface area contributed by atoms with Crippen molar-refractivity contribution >= 4 is 0 Å². The number of nitrogens with one attached hydrogen (secondary N) is 1. The van der Waals surface area contributed by atoms with Gasteiger partial charge in [-0.15, -0.1) is 0 Å². The maximum atomic E-state index is 5.75. The first-order valence-electron chi connectivity index (χ1n) is 6.21. The highest BCUT2D eigenvalue weighted by Crippen LogP contribution is 2.28. The van der Waals surface area contributed by atoms with Gasteiger partial charge in [-0.1, -0.05) is 19.3 Å². The second kappa shape index (κ2) is 5.13. The highest BCUT2D eigenvalue weighted by atomic mass is 16.5. The maximum absolute atomic E-state index is 5.75. The molecule has 2 unspecified atom stereocenters. The highest BCUT2D eigenvalue weighted by Gasteiger charge is 2.21. The molecule has 82 valence electrons. The monoisotopic (exact) mass is 197 g/mol. The van der Waals surface area contributed by atoms with Crippen LogP contribution in [0.2, 0.25) is 0 Å². The smallest absolute Gasteiger partial charge is 0.0704 e. The molecule has 2 atom stereocenters. The van der Waals surface area contributed by atoms with E-state index in [9.17, 15) is 0 Å². The van der Waals surface area contributed by atoms with E-state index in [4.69, 9.17) is 4.74 Å². The molecule has 1 N–H and O–H groups in total. The molecule has 2 aliphatic rings. The number of hydrogen-bond acceptors (Lipinski definition) is 2. The van der Waals surface area contributed by atoms with Crippen LogP contribution in [0, 0.1) is 5.92 Å². The van der Waals surface area contributed by atoms with Crippen molar-refractivity contribution in [1.82, 2.24) is 5.32 Å². The topological polar surface area (TPSA) is 21.3 Å². The lowest BCUT2D eigenvalue weighted by Crippen LogP contribution is -2.29. The average Bonchev–Trinajstić information content (AvgIpc) is 2.48. The fraction of sp³-hybridized carbons (Fsp3) is 1.00. The molecule has 0 radical (unpaired) electrons. The molecule has 14 heavy (non-hydrogen) atoms. The minimum atomic E-state index is 0.492. The van der Waals surface area contributed by atoms with E-state index in [2.05, 4.69) is 12.2 Å². The third kappa shape index (κ3) is 2.96. The Morgan fingerprint density at radius 3 is 2.64 bits per heavy atom. The van der Waals surface area contributed by atoms with Gasteiger partial charge in [0.25, 0.3) is 0 Å². The predicted octanol–water partition coefficient (Wildman–Crippen LogP) is 2.33. The first-order chi connectivity index (χ1) is 6.84. The van der Waals surface area contributed by atoms with Gasteiger partial charge in [0.2, 0.25) is 0 Å². The molecule has 0 amide bonds. The maximum Gasteiger partial charge on any atom is 0.0704 e. The van der Waals surface area contributed by atoms with E-state index in [1.165, 1.54) is 45.1 Å². The lowest BCUT2D eigenvalue weighted by molar-refractivity contribution is 0.0557. The van der Waals surface area contributed by atoms with Crippen LogP contribution in [0.1, 0.15) is 45.4 Å². The average molecular weight is 197 g/mol. The van der Waals surface area contributed by atoms with Crippen LogP contribution in [0.15, 0.2) is 0 Å². The summed E-state index contributed by atoms with van der Waals surface area (Å²) in [7, 11) is 0. The van der Waals surface area contributed by atoms with E-state index >= 15 is 0 Å². The van der Waals surface area contributed by atoms with Gasteiger partial charge in [0.1, 0.15) is 0 Å². The Balaban J connectivity index is 1.46. The van der Waals surface area contributed by atoms with Crippen molar-refractivity contribution < 1.29 is 4.74 Å². The van der Waals surface area contributed by atoms with Crippen LogP contribution in [0.5, 0.6) is 0 Å². The van der Waals surface area contributed by atoms with Crippen LogP contribution >= 0.6 is 0 Å². The first kappa shape index (κ1) is 10.4. The van der Waals surface area contributed by atoms with Crippen LogP contribution in [-0.4, -0.2) is 25.3 Å². The number of ether oxygens (including phenoxy) is 1. The van der Waals surface area contributed by atoms with Crippen LogP contribution in [-0.2, 0) is 4.74 Å². The zero-order valence-corrected chi connectivity index (χ0v) is 9.30. The second-order valence-corrected chi connectivity index (χ2v) is 4.94. The molecule has 2 rings (SSSR count). The Bertz CT molecular complexity index is 168. The predicted molar refractivity (Wildman–Crippen MR) is 58.4 cm³/mol. The normalized spacial score (nSPS) is 33.2. The molecular formula is C12H23NO. The molecule has 1 aliphatic carbocycles. The molecule has 2 heteroatoms. The molecular weight excluding hydrogens is 174 g/mol. The summed E-state index contributed by atoms with van der Waals surface area (Å²) in [5, 5.41) is 3.52. The summed E-state index contributed by atoms with van der Waals surface area (Å²) in [5.41, 5.74) is 0. The number of rotatable bonds is 5. The van der Waals surface area contributed by atoms with Crippen molar-refractivity contribution in [1.29, 1.82) is 0 Å². The van der Waals surface area contributed by atoms with Crippen molar-refractivity contribution in [2.24, 2.45) is 5.92 Å². The van der Waals surface area contributed by atoms with E-state index in [-0.39, 0.29) is 0 Å². The van der Waals surface area contributed by atoms with Gasteiger partial charge in [0.05, 0.1) is 12.2 Å². The fourth-order valence-corrected chi connectivity index (χ4v) is 2.39. The van der Waals surface area contributed by atoms with Gasteiger partial charge in [0.15, 0.2) is 0 Å². The Labute approximate surface area is 87.4 Å². The molecule has 0 aromatic rings. The van der Waals surface area contributed by atoms with E-state index in [0.717, 1.165) is 12.5 Å². The van der Waals surface area contributed by atoms with E-state index < -0.39 is 0 Å². The third-order valence-electron chi connectivity index (χ3n) is 3.65. The van der Waals surface area contributed by atoms with Gasteiger partial charge in [-0.3, -0.25) is 0 Å². The molecule has 1 heterocycles. The molecule has 0 spiro atoms. The lowest BCUT2D eigenvalue weighted by Gasteiger charge is -2.25. The summed E-state index contributed by atoms with van der Waals surface area (Å²) in [6, 6.07) is 0. The Morgan fingerprint density at radius 2 is 2.07 bits per heavy atom. The molecule has 1 aliphatic heterocycles. The minimum absolute atomic E-state index is 0.492. The minimum Gasteiger partial charge on any atom is -0.374 e. The van der Waals surface area contributed by atoms with Gasteiger partial charge >= 0.3 is 0 Å². The Morgan fingerprint density at radius 1 is 1.21 bits per heavy atom. The third-order valence-corrected chi connectivity index (χ3v) is 3.65. The molecule has 0 aromatic heterocycles. The molecule has 2 nitrogen and oxygen atoms in total. The van der Waals surface area contributed by atoms with Gasteiger partial charge in [-0.05, 0) is 38.6 Å². The summed E-state index contributed by atoms with van der Waals surface area (Å²) in [6.07, 6.45) is 9.26. The van der Waals surface area contributed by atoms with Crippen molar-refractivity contribution in [3.63, 3.8) is 0 Å². The molecule has 0 bridgehead atoms. The van der Waals surface area contributed by atoms with Gasteiger partial charge in [-0.25, -0.2) is 0 Å². The molecule has 1 saturated heterocycles. The van der Waals surface area contributed by atoms with Gasteiger partial charge < -0.3 is 10.1 Å². The fourth-order valence-electron chi connectivity index (χ4n) is 2.39. The number of hydrogen-bond donors (Lipinski definition) is 1. The molecule has 0 aromatic carbocycles. The van der Waals surface area contributed by atoms with Crippen LogP contribution in [0.3, 0.4) is 0 Å². The summed E-state index contributed by atoms with van der Waals surface area (Å²) in [4.78, 5) is 0. The van der Waals surface area contributed by atoms with Gasteiger partial charge in [-0.2, -0.15) is 0 Å². The van der Waals surface area contributed by atoms with Crippen LogP contribution < -0.4 is 5.32 Å². The lowest BCUT2D eigenvalue weighted by atomic mass is 9.83. The van der Waals surface area contributed by atoms with E-state index in [0.29, 0.717) is 12.2 Å². The Kier molecular flexibility index (Phi) is 3.82. The zero-order valence-electron chi connectivity index (χ0n) is 9.30. The van der Waals surface area contributed by atoms with Crippen molar-refractivity contribution in [3.05, 3.63) is 0 Å². The SMILES string of the molecule is CC1CCC(CNCCC2CCC2)O1. The van der Waals surface area contributed by atoms with Crippen LogP contribution in [0.4, 0.5) is 0 Å². The standard InChI is InChI=1S/C12H23NO/c1-10-5-6-12(14-10)9-13-8-7-11-3-2-4-11/h10-13H,2-9H2,1H3. The first-order valence-corrected chi connectivity index (χ1v) is 6.21. The van der Waals surface area contributed by atoms with Gasteiger partial charge in [0, 0.05) is 6.54 Å². The summed E-state index contributed by atoms with van der Waals surface area (Å²) >= 11 is 0. The summed E-state index contributed by atoms with van der Waals surface area (Å²) < 4.78 is 5.75. The quantitative estimate of drug-likeness (QED) is 0.683. The second-order valence-electron chi connectivity index (χ2n) is 4.94. The van der Waals surface area contributed by atoms with Crippen LogP contribution in [0.25, 0.3) is 0 Å². The molecule has 1 saturated carbocycles. The van der Waals surface area contributed by atoms with Crippen molar-refractivity contribution in [3.8, 4) is 0 Å². The largest absolute Gasteiger partial charge is 0.374 e.